The predicted octanol–water partition coefficient (Wildman–Crippen LogP) is 4.06. The second-order valence-corrected chi connectivity index (χ2v) is 10.8. The second-order valence-electron chi connectivity index (χ2n) is 7.35. The molecule has 32 heavy (non-hydrogen) atoms. The molecule has 11 heteroatoms. The van der Waals surface area contributed by atoms with Crippen LogP contribution in [0.15, 0.2) is 41.3 Å². The highest BCUT2D eigenvalue weighted by Gasteiger charge is 2.27. The third-order valence-corrected chi connectivity index (χ3v) is 7.53. The summed E-state index contributed by atoms with van der Waals surface area (Å²) < 4.78 is 31.6. The molecule has 0 saturated carbocycles. The molecule has 3 aromatic rings. The molecule has 3 rings (SSSR count). The molecule has 0 aliphatic rings. The van der Waals surface area contributed by atoms with Crippen LogP contribution in [0.2, 0.25) is 5.02 Å². The fourth-order valence-electron chi connectivity index (χ4n) is 2.99. The number of aryl methyl sites for hydroxylation is 1. The number of amides is 1. The van der Waals surface area contributed by atoms with Gasteiger partial charge in [0.1, 0.15) is 11.5 Å². The Labute approximate surface area is 203 Å². The molecule has 7 nitrogen and oxygen atoms in total. The minimum absolute atomic E-state index is 0. The van der Waals surface area contributed by atoms with Crippen LogP contribution in [-0.4, -0.2) is 64.3 Å². The smallest absolute Gasteiger partial charge is 0.244 e. The van der Waals surface area contributed by atoms with E-state index in [1.54, 1.807) is 18.2 Å². The summed E-state index contributed by atoms with van der Waals surface area (Å²) in [5.41, 5.74) is 1.65. The van der Waals surface area contributed by atoms with E-state index in [0.29, 0.717) is 29.0 Å². The van der Waals surface area contributed by atoms with Gasteiger partial charge in [0.25, 0.3) is 0 Å². The Bertz CT molecular complexity index is 1200. The first-order valence-corrected chi connectivity index (χ1v) is 12.3. The number of hydrogen-bond acceptors (Lipinski definition) is 7. The van der Waals surface area contributed by atoms with E-state index in [2.05, 4.69) is 4.98 Å². The molecule has 1 amide bonds. The zero-order chi connectivity index (χ0) is 22.8. The highest BCUT2D eigenvalue weighted by molar-refractivity contribution is 7.92. The number of carbonyl (C=O) groups excluding carboxylic acids is 1. The molecule has 0 bridgehead atoms. The van der Waals surface area contributed by atoms with Gasteiger partial charge in [-0.05, 0) is 63.0 Å². The minimum atomic E-state index is -3.83. The summed E-state index contributed by atoms with van der Waals surface area (Å²) in [5.74, 6) is -0.635. The molecule has 0 unspecified atom stereocenters. The number of ether oxygens (including phenoxy) is 1. The second kappa shape index (κ2) is 10.8. The zero-order valence-corrected chi connectivity index (χ0v) is 21.4. The number of halogens is 2. The number of hydrogen-bond donors (Lipinski definition) is 0. The lowest BCUT2D eigenvalue weighted by molar-refractivity contribution is -0.116. The standard InChI is InChI=1S/C21H24ClN3O4S2.ClH/c1-14-11-15(22)12-18-20(14)23-21(30-18)25(10-9-24(2)3)19(26)13-31(27,28)17-7-5-16(29-4)6-8-17;/h5-8,11-12H,9-10,13H2,1-4H3;1H. The van der Waals surface area contributed by atoms with Crippen LogP contribution < -0.4 is 9.64 Å². The normalized spacial score (nSPS) is 11.4. The van der Waals surface area contributed by atoms with E-state index in [4.69, 9.17) is 16.3 Å². The Morgan fingerprint density at radius 2 is 1.81 bits per heavy atom. The molecule has 2 aromatic carbocycles. The fourth-order valence-corrected chi connectivity index (χ4v) is 5.65. The molecule has 0 radical (unpaired) electrons. The van der Waals surface area contributed by atoms with Crippen molar-refractivity contribution < 1.29 is 17.9 Å². The summed E-state index contributed by atoms with van der Waals surface area (Å²) in [7, 11) is 1.45. The average molecular weight is 518 g/mol. The van der Waals surface area contributed by atoms with E-state index >= 15 is 0 Å². The molecular formula is C21H25Cl2N3O4S2. The number of carbonyl (C=O) groups is 1. The third kappa shape index (κ3) is 6.11. The maximum Gasteiger partial charge on any atom is 0.244 e. The Kier molecular flexibility index (Phi) is 8.90. The molecule has 174 valence electrons. The van der Waals surface area contributed by atoms with Crippen molar-refractivity contribution in [3.63, 3.8) is 0 Å². The highest BCUT2D eigenvalue weighted by Crippen LogP contribution is 2.33. The van der Waals surface area contributed by atoms with Crippen molar-refractivity contribution in [2.24, 2.45) is 0 Å². The van der Waals surface area contributed by atoms with Crippen LogP contribution in [0.3, 0.4) is 0 Å². The number of nitrogens with zero attached hydrogens (tertiary/aromatic N) is 3. The number of methoxy groups -OCH3 is 1. The summed E-state index contributed by atoms with van der Waals surface area (Å²) in [6.45, 7) is 2.78. The van der Waals surface area contributed by atoms with E-state index in [9.17, 15) is 13.2 Å². The van der Waals surface area contributed by atoms with E-state index in [1.165, 1.54) is 35.5 Å². The SMILES string of the molecule is COc1ccc(S(=O)(=O)CC(=O)N(CCN(C)C)c2nc3c(C)cc(Cl)cc3s2)cc1.Cl. The summed E-state index contributed by atoms with van der Waals surface area (Å²) >= 11 is 7.48. The molecule has 0 atom stereocenters. The number of sulfone groups is 1. The van der Waals surface area contributed by atoms with Gasteiger partial charge >= 0.3 is 0 Å². The molecular weight excluding hydrogens is 493 g/mol. The summed E-state index contributed by atoms with van der Waals surface area (Å²) in [6.07, 6.45) is 0. The van der Waals surface area contributed by atoms with Crippen LogP contribution in [-0.2, 0) is 14.6 Å². The number of fused-ring (bicyclic) bond motifs is 1. The summed E-state index contributed by atoms with van der Waals surface area (Å²) in [6, 6.07) is 9.60. The largest absolute Gasteiger partial charge is 0.497 e. The van der Waals surface area contributed by atoms with Crippen LogP contribution in [0.4, 0.5) is 5.13 Å². The molecule has 0 aliphatic carbocycles. The van der Waals surface area contributed by atoms with Gasteiger partial charge < -0.3 is 9.64 Å². The van der Waals surface area contributed by atoms with Gasteiger partial charge in [0.2, 0.25) is 5.91 Å². The van der Waals surface area contributed by atoms with Gasteiger partial charge in [-0.15, -0.1) is 12.4 Å². The first-order valence-electron chi connectivity index (χ1n) is 9.49. The van der Waals surface area contributed by atoms with Gasteiger partial charge in [-0.3, -0.25) is 9.69 Å². The van der Waals surface area contributed by atoms with Crippen LogP contribution in [0.1, 0.15) is 5.56 Å². The molecule has 0 N–H and O–H groups in total. The lowest BCUT2D eigenvalue weighted by atomic mass is 10.2. The summed E-state index contributed by atoms with van der Waals surface area (Å²) in [5, 5.41) is 1.05. The van der Waals surface area contributed by atoms with Crippen LogP contribution in [0.5, 0.6) is 5.75 Å². The van der Waals surface area contributed by atoms with Crippen LogP contribution in [0, 0.1) is 6.92 Å². The lowest BCUT2D eigenvalue weighted by Crippen LogP contribution is -2.40. The average Bonchev–Trinajstić information content (AvgIpc) is 3.11. The van der Waals surface area contributed by atoms with E-state index in [1.807, 2.05) is 32.0 Å². The first kappa shape index (κ1) is 26.3. The Hall–Kier alpha value is -1.91. The number of benzene rings is 2. The van der Waals surface area contributed by atoms with E-state index in [-0.39, 0.29) is 17.3 Å². The van der Waals surface area contributed by atoms with Gasteiger partial charge in [0, 0.05) is 18.1 Å². The number of thiazole rings is 1. The van der Waals surface area contributed by atoms with E-state index < -0.39 is 21.5 Å². The molecule has 1 heterocycles. The Morgan fingerprint density at radius 1 is 1.16 bits per heavy atom. The molecule has 1 aromatic heterocycles. The monoisotopic (exact) mass is 517 g/mol. The fraction of sp³-hybridized carbons (Fsp3) is 0.333. The quantitative estimate of drug-likeness (QED) is 0.448. The first-order chi connectivity index (χ1) is 14.6. The van der Waals surface area contributed by atoms with Crippen molar-refractivity contribution in [3.05, 3.63) is 47.0 Å². The molecule has 0 saturated heterocycles. The van der Waals surface area contributed by atoms with Crippen LogP contribution in [0.25, 0.3) is 10.2 Å². The van der Waals surface area contributed by atoms with Gasteiger partial charge in [-0.25, -0.2) is 13.4 Å². The van der Waals surface area contributed by atoms with Gasteiger partial charge in [-0.2, -0.15) is 0 Å². The number of likely N-dealkylation sites (N-methyl/N-ethyl adjacent to an activating group) is 1. The topological polar surface area (TPSA) is 79.8 Å². The van der Waals surface area contributed by atoms with Crippen molar-refractivity contribution in [2.75, 3.05) is 44.9 Å². The number of anilines is 1. The molecule has 0 fully saturated rings. The van der Waals surface area contributed by atoms with Crippen LogP contribution >= 0.6 is 35.3 Å². The van der Waals surface area contributed by atoms with Crippen molar-refractivity contribution in [3.8, 4) is 5.75 Å². The van der Waals surface area contributed by atoms with Gasteiger partial charge in [0.05, 0.1) is 22.2 Å². The van der Waals surface area contributed by atoms with Crippen molar-refractivity contribution >= 4 is 66.4 Å². The Balaban J connectivity index is 0.00000363. The summed E-state index contributed by atoms with van der Waals surface area (Å²) in [4.78, 5) is 21.2. The Morgan fingerprint density at radius 3 is 2.41 bits per heavy atom. The predicted molar refractivity (Wildman–Crippen MR) is 133 cm³/mol. The minimum Gasteiger partial charge on any atom is -0.497 e. The lowest BCUT2D eigenvalue weighted by Gasteiger charge is -2.22. The van der Waals surface area contributed by atoms with Crippen molar-refractivity contribution in [1.29, 1.82) is 0 Å². The zero-order valence-electron chi connectivity index (χ0n) is 18.2. The van der Waals surface area contributed by atoms with Gasteiger partial charge in [-0.1, -0.05) is 22.9 Å². The van der Waals surface area contributed by atoms with Gasteiger partial charge in [0.15, 0.2) is 15.0 Å². The molecule has 0 spiro atoms. The highest BCUT2D eigenvalue weighted by atomic mass is 35.5. The number of rotatable bonds is 8. The van der Waals surface area contributed by atoms with Crippen molar-refractivity contribution in [1.82, 2.24) is 9.88 Å². The number of aromatic nitrogens is 1. The maximum absolute atomic E-state index is 13.1. The molecule has 0 aliphatic heterocycles. The van der Waals surface area contributed by atoms with E-state index in [0.717, 1.165) is 15.8 Å². The van der Waals surface area contributed by atoms with Crippen molar-refractivity contribution in [2.45, 2.75) is 11.8 Å². The maximum atomic E-state index is 13.1. The third-order valence-electron chi connectivity index (χ3n) is 4.67.